The lowest BCUT2D eigenvalue weighted by Gasteiger charge is -2.01. The van der Waals surface area contributed by atoms with E-state index in [0.29, 0.717) is 0 Å². The first-order valence-electron chi connectivity index (χ1n) is 5.03. The molecule has 1 rings (SSSR count). The number of carbonyl (C=O) groups excluding carboxylic acids is 1. The summed E-state index contributed by atoms with van der Waals surface area (Å²) in [5, 5.41) is 3.63. The Morgan fingerprint density at radius 1 is 1.44 bits per heavy atom. The topological polar surface area (TPSA) is 38.7 Å². The van der Waals surface area contributed by atoms with Gasteiger partial charge in [0, 0.05) is 5.92 Å². The number of hydrogen-bond donors (Lipinski definition) is 0. The fraction of sp³-hybridized carbons (Fsp3) is 0.333. The van der Waals surface area contributed by atoms with Crippen LogP contribution in [0.15, 0.2) is 29.4 Å². The highest BCUT2D eigenvalue weighted by Gasteiger charge is 2.06. The Hall–Kier alpha value is -1.71. The molecule has 0 spiro atoms. The molecule has 0 saturated carbocycles. The van der Waals surface area contributed by atoms with Crippen LogP contribution in [0.1, 0.15) is 19.4 Å². The fourth-order valence-corrected chi connectivity index (χ4v) is 0.915. The average molecular weight is 222 g/mol. The molecule has 0 aliphatic rings. The number of carbonyl (C=O) groups is 1. The van der Waals surface area contributed by atoms with Crippen molar-refractivity contribution in [1.82, 2.24) is 0 Å². The molecule has 0 heterocycles. The predicted octanol–water partition coefficient (Wildman–Crippen LogP) is 2.40. The summed E-state index contributed by atoms with van der Waals surface area (Å²) < 4.78 is 12.5. The summed E-state index contributed by atoms with van der Waals surface area (Å²) in [6.45, 7) is 3.57. The monoisotopic (exact) mass is 222 g/mol. The second-order valence-corrected chi connectivity index (χ2v) is 3.68. The molecule has 1 aromatic carbocycles. The first-order valence-corrected chi connectivity index (χ1v) is 5.03. The third-order valence-electron chi connectivity index (χ3n) is 2.00. The van der Waals surface area contributed by atoms with Crippen molar-refractivity contribution in [2.75, 3.05) is 6.61 Å². The number of rotatable bonds is 5. The number of halogens is 1. The lowest BCUT2D eigenvalue weighted by Crippen LogP contribution is -2.12. The fourth-order valence-electron chi connectivity index (χ4n) is 0.915. The maximum Gasteiger partial charge on any atom is 0.175 e. The van der Waals surface area contributed by atoms with Crippen LogP contribution in [0.5, 0.6) is 0 Å². The lowest BCUT2D eigenvalue weighted by atomic mass is 10.1. The van der Waals surface area contributed by atoms with Gasteiger partial charge < -0.3 is 4.84 Å². The van der Waals surface area contributed by atoms with Crippen LogP contribution in [0.25, 0.3) is 0 Å². The summed E-state index contributed by atoms with van der Waals surface area (Å²) in [7, 11) is 0. The van der Waals surface area contributed by atoms with E-state index < -0.39 is 0 Å². The van der Waals surface area contributed by atoms with E-state index in [9.17, 15) is 9.18 Å². The zero-order valence-electron chi connectivity index (χ0n) is 9.31. The van der Waals surface area contributed by atoms with E-state index in [2.05, 4.69) is 5.16 Å². The van der Waals surface area contributed by atoms with Crippen molar-refractivity contribution < 1.29 is 14.0 Å². The summed E-state index contributed by atoms with van der Waals surface area (Å²) in [5.41, 5.74) is 0.721. The van der Waals surface area contributed by atoms with Gasteiger partial charge in [-0.25, -0.2) is 4.39 Å². The van der Waals surface area contributed by atoms with Crippen LogP contribution < -0.4 is 0 Å². The van der Waals surface area contributed by atoms with Gasteiger partial charge in [0.25, 0.3) is 0 Å². The molecule has 16 heavy (non-hydrogen) atoms. The molecule has 0 unspecified atom stereocenters. The molecule has 4 heteroatoms. The van der Waals surface area contributed by atoms with E-state index in [1.54, 1.807) is 26.0 Å². The van der Waals surface area contributed by atoms with Crippen LogP contribution in [0.3, 0.4) is 0 Å². The van der Waals surface area contributed by atoms with E-state index in [1.807, 2.05) is 0 Å². The Labute approximate surface area is 93.9 Å². The van der Waals surface area contributed by atoms with Crippen LogP contribution in [0.4, 0.5) is 4.39 Å². The molecule has 0 radical (unpaired) electrons. The first kappa shape index (κ1) is 12.4. The standard InChI is InChI=1S/C12H14FNO2/c1-9(2)12(15)8-16-14-7-10-3-5-11(13)6-4-10/h3-7,9H,8H2,1-2H3/b14-7-/i13-1. The summed E-state index contributed by atoms with van der Waals surface area (Å²) in [6, 6.07) is 5.82. The summed E-state index contributed by atoms with van der Waals surface area (Å²) >= 11 is 0. The van der Waals surface area contributed by atoms with E-state index in [-0.39, 0.29) is 24.1 Å². The van der Waals surface area contributed by atoms with Gasteiger partial charge in [0.1, 0.15) is 5.82 Å². The van der Waals surface area contributed by atoms with Crippen LogP contribution in [0, 0.1) is 11.7 Å². The van der Waals surface area contributed by atoms with Crippen molar-refractivity contribution in [1.29, 1.82) is 0 Å². The largest absolute Gasteiger partial charge is 0.388 e. The van der Waals surface area contributed by atoms with Crippen molar-refractivity contribution in [2.45, 2.75) is 13.8 Å². The van der Waals surface area contributed by atoms with Crippen molar-refractivity contribution in [3.63, 3.8) is 0 Å². The number of benzene rings is 1. The molecule has 0 saturated heterocycles. The molecule has 0 bridgehead atoms. The van der Waals surface area contributed by atoms with E-state index in [1.165, 1.54) is 18.3 Å². The number of Topliss-reactive ketones (excluding diaryl/α,β-unsaturated/α-hetero) is 1. The van der Waals surface area contributed by atoms with Gasteiger partial charge in [-0.05, 0) is 17.7 Å². The van der Waals surface area contributed by atoms with Crippen LogP contribution in [-0.4, -0.2) is 18.6 Å². The SMILES string of the molecule is CC(C)C(=O)CO/N=C\c1ccc([18F])cc1. The van der Waals surface area contributed by atoms with Crippen molar-refractivity contribution in [3.05, 3.63) is 35.6 Å². The summed E-state index contributed by atoms with van der Waals surface area (Å²) in [5.74, 6) is -0.356. The predicted molar refractivity (Wildman–Crippen MR) is 59.8 cm³/mol. The second-order valence-electron chi connectivity index (χ2n) is 3.68. The minimum Gasteiger partial charge on any atom is -0.388 e. The van der Waals surface area contributed by atoms with Crippen molar-refractivity contribution >= 4 is 12.0 Å². The Balaban J connectivity index is 2.38. The van der Waals surface area contributed by atoms with Gasteiger partial charge in [-0.2, -0.15) is 0 Å². The van der Waals surface area contributed by atoms with Gasteiger partial charge in [-0.1, -0.05) is 31.1 Å². The molecule has 0 atom stereocenters. The normalized spacial score (nSPS) is 11.0. The van der Waals surface area contributed by atoms with E-state index in [4.69, 9.17) is 4.84 Å². The van der Waals surface area contributed by atoms with Crippen molar-refractivity contribution in [3.8, 4) is 0 Å². The number of nitrogens with zero attached hydrogens (tertiary/aromatic N) is 1. The number of ketones is 1. The molecule has 3 nitrogen and oxygen atoms in total. The Morgan fingerprint density at radius 2 is 2.06 bits per heavy atom. The molecule has 0 N–H and O–H groups in total. The van der Waals surface area contributed by atoms with Crippen LogP contribution >= 0.6 is 0 Å². The summed E-state index contributed by atoms with van der Waals surface area (Å²) in [4.78, 5) is 16.0. The molecule has 0 aliphatic carbocycles. The molecular weight excluding hydrogens is 208 g/mol. The minimum absolute atomic E-state index is 0.00347. The number of oxime groups is 1. The lowest BCUT2D eigenvalue weighted by molar-refractivity contribution is -0.126. The molecule has 1 aromatic rings. The minimum atomic E-state index is -0.298. The second kappa shape index (κ2) is 6.00. The maximum absolute atomic E-state index is 12.5. The van der Waals surface area contributed by atoms with Gasteiger partial charge in [-0.15, -0.1) is 0 Å². The smallest absolute Gasteiger partial charge is 0.175 e. The first-order chi connectivity index (χ1) is 7.59. The molecular formula is C12H14FNO2. The van der Waals surface area contributed by atoms with Gasteiger partial charge in [0.05, 0.1) is 6.21 Å². The van der Waals surface area contributed by atoms with Crippen LogP contribution in [0.2, 0.25) is 0 Å². The Morgan fingerprint density at radius 3 is 2.62 bits per heavy atom. The highest BCUT2D eigenvalue weighted by molar-refractivity contribution is 5.82. The molecule has 0 fully saturated rings. The third kappa shape index (κ3) is 4.21. The number of hydrogen-bond acceptors (Lipinski definition) is 3. The zero-order valence-corrected chi connectivity index (χ0v) is 9.31. The maximum atomic E-state index is 12.5. The van der Waals surface area contributed by atoms with E-state index >= 15 is 0 Å². The van der Waals surface area contributed by atoms with E-state index in [0.717, 1.165) is 5.56 Å². The molecule has 86 valence electrons. The van der Waals surface area contributed by atoms with Gasteiger partial charge in [0.15, 0.2) is 12.4 Å². The van der Waals surface area contributed by atoms with Gasteiger partial charge in [-0.3, -0.25) is 4.79 Å². The molecule has 0 aromatic heterocycles. The quantitative estimate of drug-likeness (QED) is 0.566. The molecule has 0 amide bonds. The molecule has 0 aliphatic heterocycles. The Kier molecular flexibility index (Phi) is 4.64. The van der Waals surface area contributed by atoms with Crippen LogP contribution in [-0.2, 0) is 9.63 Å². The van der Waals surface area contributed by atoms with Gasteiger partial charge >= 0.3 is 0 Å². The van der Waals surface area contributed by atoms with Crippen molar-refractivity contribution in [2.24, 2.45) is 11.1 Å². The third-order valence-corrected chi connectivity index (χ3v) is 2.00. The average Bonchev–Trinajstić information content (AvgIpc) is 2.26. The zero-order chi connectivity index (χ0) is 12.0. The summed E-state index contributed by atoms with van der Waals surface area (Å²) in [6.07, 6.45) is 1.44. The Bertz CT molecular complexity index is 371. The highest BCUT2D eigenvalue weighted by Crippen LogP contribution is 2.00. The highest BCUT2D eigenvalue weighted by atomic mass is 18.2. The van der Waals surface area contributed by atoms with Gasteiger partial charge in [0.2, 0.25) is 0 Å².